The molecular weight excluding hydrogens is 411 g/mol. The molecule has 0 atom stereocenters. The zero-order chi connectivity index (χ0) is 14.7. The molecule has 0 aliphatic heterocycles. The SMILES string of the molecule is O=C(O)c1cc(Br)c(OCc2cccc(Cl)c2)c(Br)c1. The van der Waals surface area contributed by atoms with Gasteiger partial charge in [0.15, 0.2) is 0 Å². The maximum atomic E-state index is 10.9. The van der Waals surface area contributed by atoms with Crippen LogP contribution < -0.4 is 4.74 Å². The first-order chi connectivity index (χ1) is 9.47. The topological polar surface area (TPSA) is 46.5 Å². The lowest BCUT2D eigenvalue weighted by Gasteiger charge is -2.11. The average molecular weight is 420 g/mol. The van der Waals surface area contributed by atoms with Crippen molar-refractivity contribution in [2.24, 2.45) is 0 Å². The van der Waals surface area contributed by atoms with Crippen molar-refractivity contribution in [2.75, 3.05) is 0 Å². The van der Waals surface area contributed by atoms with Gasteiger partial charge < -0.3 is 9.84 Å². The van der Waals surface area contributed by atoms with Gasteiger partial charge in [-0.15, -0.1) is 0 Å². The molecule has 0 radical (unpaired) electrons. The summed E-state index contributed by atoms with van der Waals surface area (Å²) in [5, 5.41) is 9.61. The summed E-state index contributed by atoms with van der Waals surface area (Å²) in [7, 11) is 0. The van der Waals surface area contributed by atoms with Crippen LogP contribution in [0.25, 0.3) is 0 Å². The third kappa shape index (κ3) is 3.75. The fourth-order valence-corrected chi connectivity index (χ4v) is 3.23. The van der Waals surface area contributed by atoms with E-state index in [0.29, 0.717) is 26.3 Å². The summed E-state index contributed by atoms with van der Waals surface area (Å²) in [5.74, 6) is -0.442. The van der Waals surface area contributed by atoms with Crippen LogP contribution in [0.5, 0.6) is 5.75 Å². The van der Waals surface area contributed by atoms with Crippen LogP contribution in [-0.2, 0) is 6.61 Å². The third-order valence-corrected chi connectivity index (χ3v) is 3.93. The van der Waals surface area contributed by atoms with Gasteiger partial charge in [-0.3, -0.25) is 0 Å². The molecule has 0 spiro atoms. The lowest BCUT2D eigenvalue weighted by atomic mass is 10.2. The molecule has 0 aliphatic carbocycles. The second kappa shape index (κ2) is 6.61. The Morgan fingerprint density at radius 1 is 1.20 bits per heavy atom. The summed E-state index contributed by atoms with van der Waals surface area (Å²) in [6, 6.07) is 10.4. The summed E-state index contributed by atoms with van der Waals surface area (Å²) < 4.78 is 6.85. The predicted octanol–water partition coefficient (Wildman–Crippen LogP) is 5.14. The first-order valence-electron chi connectivity index (χ1n) is 5.57. The van der Waals surface area contributed by atoms with Crippen LogP contribution in [-0.4, -0.2) is 11.1 Å². The monoisotopic (exact) mass is 418 g/mol. The Morgan fingerprint density at radius 2 is 1.85 bits per heavy atom. The van der Waals surface area contributed by atoms with Crippen molar-refractivity contribution in [2.45, 2.75) is 6.61 Å². The van der Waals surface area contributed by atoms with Crippen molar-refractivity contribution in [3.8, 4) is 5.75 Å². The van der Waals surface area contributed by atoms with E-state index in [1.807, 2.05) is 18.2 Å². The van der Waals surface area contributed by atoms with Crippen LogP contribution in [0, 0.1) is 0 Å². The highest BCUT2D eigenvalue weighted by Gasteiger charge is 2.13. The van der Waals surface area contributed by atoms with Gasteiger partial charge in [0.25, 0.3) is 0 Å². The zero-order valence-corrected chi connectivity index (χ0v) is 14.0. The first-order valence-corrected chi connectivity index (χ1v) is 7.53. The molecule has 3 nitrogen and oxygen atoms in total. The third-order valence-electron chi connectivity index (χ3n) is 2.52. The van der Waals surface area contributed by atoms with Crippen LogP contribution in [0.15, 0.2) is 45.3 Å². The number of carboxylic acid groups (broad SMARTS) is 1. The lowest BCUT2D eigenvalue weighted by Crippen LogP contribution is -2.00. The molecule has 0 heterocycles. The van der Waals surface area contributed by atoms with E-state index in [0.717, 1.165) is 5.56 Å². The molecule has 2 aromatic rings. The highest BCUT2D eigenvalue weighted by Crippen LogP contribution is 2.35. The van der Waals surface area contributed by atoms with E-state index < -0.39 is 5.97 Å². The summed E-state index contributed by atoms with van der Waals surface area (Å²) in [4.78, 5) is 10.9. The molecule has 0 fully saturated rings. The summed E-state index contributed by atoms with van der Waals surface area (Å²) >= 11 is 12.5. The van der Waals surface area contributed by atoms with Crippen molar-refractivity contribution in [3.05, 3.63) is 61.5 Å². The molecule has 0 aromatic heterocycles. The molecule has 6 heteroatoms. The van der Waals surface area contributed by atoms with Crippen molar-refractivity contribution in [1.29, 1.82) is 0 Å². The zero-order valence-electron chi connectivity index (χ0n) is 10.1. The molecule has 0 bridgehead atoms. The van der Waals surface area contributed by atoms with Crippen molar-refractivity contribution >= 4 is 49.4 Å². The Kier molecular flexibility index (Phi) is 5.07. The Morgan fingerprint density at radius 3 is 2.40 bits per heavy atom. The highest BCUT2D eigenvalue weighted by molar-refractivity contribution is 9.11. The number of carbonyl (C=O) groups is 1. The fraction of sp³-hybridized carbons (Fsp3) is 0.0714. The van der Waals surface area contributed by atoms with Crippen molar-refractivity contribution in [3.63, 3.8) is 0 Å². The molecule has 0 saturated carbocycles. The van der Waals surface area contributed by atoms with Gasteiger partial charge in [0, 0.05) is 5.02 Å². The van der Waals surface area contributed by atoms with E-state index in [9.17, 15) is 4.79 Å². The Bertz CT molecular complexity index is 636. The highest BCUT2D eigenvalue weighted by atomic mass is 79.9. The Balaban J connectivity index is 2.20. The number of rotatable bonds is 4. The normalized spacial score (nSPS) is 10.3. The van der Waals surface area contributed by atoms with Crippen LogP contribution in [0.3, 0.4) is 0 Å². The fourth-order valence-electron chi connectivity index (χ4n) is 1.60. The molecule has 0 aliphatic rings. The van der Waals surface area contributed by atoms with Gasteiger partial charge in [0.2, 0.25) is 0 Å². The minimum atomic E-state index is -0.993. The number of ether oxygens (including phenoxy) is 1. The van der Waals surface area contributed by atoms with Gasteiger partial charge in [-0.25, -0.2) is 4.79 Å². The maximum absolute atomic E-state index is 10.9. The minimum Gasteiger partial charge on any atom is -0.487 e. The van der Waals surface area contributed by atoms with Gasteiger partial charge in [0.05, 0.1) is 14.5 Å². The summed E-state index contributed by atoms with van der Waals surface area (Å²) in [5.41, 5.74) is 1.11. The summed E-state index contributed by atoms with van der Waals surface area (Å²) in [6.07, 6.45) is 0. The molecule has 0 saturated heterocycles. The van der Waals surface area contributed by atoms with Gasteiger partial charge in [-0.1, -0.05) is 23.7 Å². The van der Waals surface area contributed by atoms with Crippen LogP contribution in [0.1, 0.15) is 15.9 Å². The van der Waals surface area contributed by atoms with Gasteiger partial charge in [-0.2, -0.15) is 0 Å². The molecule has 20 heavy (non-hydrogen) atoms. The minimum absolute atomic E-state index is 0.179. The van der Waals surface area contributed by atoms with E-state index in [2.05, 4.69) is 31.9 Å². The van der Waals surface area contributed by atoms with Crippen LogP contribution in [0.4, 0.5) is 0 Å². The predicted molar refractivity (Wildman–Crippen MR) is 84.6 cm³/mol. The lowest BCUT2D eigenvalue weighted by molar-refractivity contribution is 0.0696. The number of hydrogen-bond acceptors (Lipinski definition) is 2. The largest absolute Gasteiger partial charge is 0.487 e. The Labute approximate surface area is 137 Å². The van der Waals surface area contributed by atoms with Crippen molar-refractivity contribution in [1.82, 2.24) is 0 Å². The molecule has 0 unspecified atom stereocenters. The molecular formula is C14H9Br2ClO3. The van der Waals surface area contributed by atoms with Gasteiger partial charge >= 0.3 is 5.97 Å². The molecule has 2 rings (SSSR count). The van der Waals surface area contributed by atoms with Gasteiger partial charge in [0.1, 0.15) is 12.4 Å². The van der Waals surface area contributed by atoms with E-state index in [4.69, 9.17) is 21.4 Å². The second-order valence-corrected chi connectivity index (χ2v) is 6.14. The molecule has 2 aromatic carbocycles. The van der Waals surface area contributed by atoms with E-state index in [1.54, 1.807) is 6.07 Å². The number of aromatic carboxylic acids is 1. The standard InChI is InChI=1S/C14H9Br2ClO3/c15-11-5-9(14(18)19)6-12(16)13(11)20-7-8-2-1-3-10(17)4-8/h1-6H,7H2,(H,18,19). The van der Waals surface area contributed by atoms with E-state index in [-0.39, 0.29) is 5.56 Å². The van der Waals surface area contributed by atoms with Crippen LogP contribution in [0.2, 0.25) is 5.02 Å². The number of benzene rings is 2. The number of halogens is 3. The summed E-state index contributed by atoms with van der Waals surface area (Å²) in [6.45, 7) is 0.337. The van der Waals surface area contributed by atoms with Gasteiger partial charge in [-0.05, 0) is 61.7 Å². The van der Waals surface area contributed by atoms with E-state index >= 15 is 0 Å². The van der Waals surface area contributed by atoms with Crippen LogP contribution >= 0.6 is 43.5 Å². The second-order valence-electron chi connectivity index (χ2n) is 3.99. The van der Waals surface area contributed by atoms with E-state index in [1.165, 1.54) is 12.1 Å². The number of hydrogen-bond donors (Lipinski definition) is 1. The van der Waals surface area contributed by atoms with Crippen molar-refractivity contribution < 1.29 is 14.6 Å². The molecule has 1 N–H and O–H groups in total. The number of carboxylic acids is 1. The smallest absolute Gasteiger partial charge is 0.335 e. The first kappa shape index (κ1) is 15.4. The quantitative estimate of drug-likeness (QED) is 0.745. The molecule has 0 amide bonds. The molecule has 104 valence electrons. The Hall–Kier alpha value is -1.04. The maximum Gasteiger partial charge on any atom is 0.335 e. The average Bonchev–Trinajstić information content (AvgIpc) is 2.37.